The highest BCUT2D eigenvalue weighted by Gasteiger charge is 2.27. The van der Waals surface area contributed by atoms with Crippen LogP contribution in [0.5, 0.6) is 0 Å². The molecule has 0 radical (unpaired) electrons. The van der Waals surface area contributed by atoms with Gasteiger partial charge in [0.2, 0.25) is 10.0 Å². The quantitative estimate of drug-likeness (QED) is 0.616. The molecule has 1 fully saturated rings. The van der Waals surface area contributed by atoms with E-state index in [1.807, 2.05) is 13.0 Å². The summed E-state index contributed by atoms with van der Waals surface area (Å²) >= 11 is 3.35. The van der Waals surface area contributed by atoms with Gasteiger partial charge in [-0.1, -0.05) is 22.0 Å². The molecule has 30 heavy (non-hydrogen) atoms. The van der Waals surface area contributed by atoms with Crippen LogP contribution in [0.2, 0.25) is 0 Å². The van der Waals surface area contributed by atoms with Gasteiger partial charge in [0.05, 0.1) is 23.7 Å². The molecule has 2 aromatic rings. The Labute approximate surface area is 183 Å². The third-order valence-electron chi connectivity index (χ3n) is 4.47. The second-order valence-corrected chi connectivity index (χ2v) is 9.48. The number of halogens is 1. The molecule has 0 aliphatic carbocycles. The van der Waals surface area contributed by atoms with E-state index in [9.17, 15) is 18.0 Å². The van der Waals surface area contributed by atoms with Gasteiger partial charge in [-0.25, -0.2) is 13.2 Å². The second kappa shape index (κ2) is 9.69. The van der Waals surface area contributed by atoms with Crippen LogP contribution in [0.15, 0.2) is 51.8 Å². The molecule has 160 valence electrons. The van der Waals surface area contributed by atoms with Gasteiger partial charge in [0.1, 0.15) is 0 Å². The first-order chi connectivity index (χ1) is 14.3. The molecule has 0 bridgehead atoms. The van der Waals surface area contributed by atoms with Crippen LogP contribution in [-0.2, 0) is 24.3 Å². The largest absolute Gasteiger partial charge is 0.452 e. The molecule has 1 N–H and O–H groups in total. The van der Waals surface area contributed by atoms with Crippen molar-refractivity contribution in [1.29, 1.82) is 0 Å². The number of amides is 1. The van der Waals surface area contributed by atoms with E-state index in [1.165, 1.54) is 28.6 Å². The Morgan fingerprint density at radius 2 is 1.90 bits per heavy atom. The summed E-state index contributed by atoms with van der Waals surface area (Å²) in [7, 11) is -3.74. The minimum absolute atomic E-state index is 0.00575. The minimum atomic E-state index is -3.74. The van der Waals surface area contributed by atoms with Crippen LogP contribution >= 0.6 is 15.9 Å². The van der Waals surface area contributed by atoms with Gasteiger partial charge in [-0.3, -0.25) is 4.79 Å². The molecule has 1 aliphatic rings. The smallest absolute Gasteiger partial charge is 0.338 e. The number of carbonyl (C=O) groups excluding carboxylic acids is 2. The van der Waals surface area contributed by atoms with Crippen LogP contribution in [0, 0.1) is 6.92 Å². The molecule has 2 aromatic carbocycles. The molecule has 0 aromatic heterocycles. The number of sulfonamides is 1. The Balaban J connectivity index is 1.63. The van der Waals surface area contributed by atoms with E-state index in [0.29, 0.717) is 18.9 Å². The molecule has 0 spiro atoms. The Morgan fingerprint density at radius 3 is 2.60 bits per heavy atom. The number of esters is 1. The lowest BCUT2D eigenvalue weighted by Crippen LogP contribution is -2.40. The number of ether oxygens (including phenoxy) is 2. The third-order valence-corrected chi connectivity index (χ3v) is 6.86. The van der Waals surface area contributed by atoms with Crippen molar-refractivity contribution < 1.29 is 27.5 Å². The van der Waals surface area contributed by atoms with E-state index in [2.05, 4.69) is 21.2 Å². The highest BCUT2D eigenvalue weighted by atomic mass is 79.9. The van der Waals surface area contributed by atoms with Crippen LogP contribution in [0.25, 0.3) is 0 Å². The summed E-state index contributed by atoms with van der Waals surface area (Å²) in [4.78, 5) is 24.4. The van der Waals surface area contributed by atoms with Gasteiger partial charge >= 0.3 is 5.97 Å². The number of aryl methyl sites for hydroxylation is 1. The number of nitrogens with one attached hydrogen (secondary N) is 1. The average molecular weight is 497 g/mol. The molecular weight excluding hydrogens is 476 g/mol. The van der Waals surface area contributed by atoms with Gasteiger partial charge in [-0.05, 0) is 48.9 Å². The zero-order valence-electron chi connectivity index (χ0n) is 16.3. The van der Waals surface area contributed by atoms with Crippen molar-refractivity contribution in [2.45, 2.75) is 11.8 Å². The zero-order valence-corrected chi connectivity index (χ0v) is 18.7. The summed E-state index contributed by atoms with van der Waals surface area (Å²) in [5.41, 5.74) is 1.51. The Kier molecular flexibility index (Phi) is 7.24. The summed E-state index contributed by atoms with van der Waals surface area (Å²) < 4.78 is 37.9. The summed E-state index contributed by atoms with van der Waals surface area (Å²) in [6, 6.07) is 11.0. The maximum Gasteiger partial charge on any atom is 0.338 e. The number of morpholine rings is 1. The molecule has 8 nitrogen and oxygen atoms in total. The SMILES string of the molecule is Cc1cc(Br)ccc1NC(=O)COC(=O)c1cccc(S(=O)(=O)N2CCOCC2)c1. The third kappa shape index (κ3) is 5.45. The van der Waals surface area contributed by atoms with Crippen LogP contribution in [-0.4, -0.2) is 57.5 Å². The number of hydrogen-bond acceptors (Lipinski definition) is 6. The first kappa shape index (κ1) is 22.4. The summed E-state index contributed by atoms with van der Waals surface area (Å²) in [5.74, 6) is -1.28. The van der Waals surface area contributed by atoms with E-state index in [0.717, 1.165) is 10.0 Å². The van der Waals surface area contributed by atoms with Gasteiger partial charge in [0, 0.05) is 23.2 Å². The van der Waals surface area contributed by atoms with E-state index in [1.54, 1.807) is 12.1 Å². The number of carbonyl (C=O) groups is 2. The Bertz CT molecular complexity index is 1050. The standard InChI is InChI=1S/C20H21BrN2O6S/c1-14-11-16(21)5-6-18(14)22-19(24)13-29-20(25)15-3-2-4-17(12-15)30(26,27)23-7-9-28-10-8-23/h2-6,11-12H,7-10,13H2,1H3,(H,22,24). The molecule has 1 heterocycles. The van der Waals surface area contributed by atoms with E-state index in [4.69, 9.17) is 9.47 Å². The fourth-order valence-electron chi connectivity index (χ4n) is 2.89. The normalized spacial score (nSPS) is 14.9. The highest BCUT2D eigenvalue weighted by molar-refractivity contribution is 9.10. The monoisotopic (exact) mass is 496 g/mol. The van der Waals surface area contributed by atoms with Crippen LogP contribution in [0.1, 0.15) is 15.9 Å². The average Bonchev–Trinajstić information content (AvgIpc) is 2.74. The van der Waals surface area contributed by atoms with E-state index >= 15 is 0 Å². The molecular formula is C20H21BrN2O6S. The molecule has 3 rings (SSSR count). The Hall–Kier alpha value is -2.27. The van der Waals surface area contributed by atoms with Gasteiger partial charge < -0.3 is 14.8 Å². The number of nitrogens with zero attached hydrogens (tertiary/aromatic N) is 1. The predicted octanol–water partition coefficient (Wildman–Crippen LogP) is 2.57. The van der Waals surface area contributed by atoms with Crippen molar-refractivity contribution in [3.63, 3.8) is 0 Å². The van der Waals surface area contributed by atoms with Crippen molar-refractivity contribution in [1.82, 2.24) is 4.31 Å². The molecule has 1 amide bonds. The molecule has 0 atom stereocenters. The van der Waals surface area contributed by atoms with Gasteiger partial charge in [0.15, 0.2) is 6.61 Å². The number of anilines is 1. The topological polar surface area (TPSA) is 102 Å². The van der Waals surface area contributed by atoms with Crippen LogP contribution in [0.3, 0.4) is 0 Å². The van der Waals surface area contributed by atoms with Gasteiger partial charge in [0.25, 0.3) is 5.91 Å². The first-order valence-corrected chi connectivity index (χ1v) is 11.4. The zero-order chi connectivity index (χ0) is 21.7. The summed E-state index contributed by atoms with van der Waals surface area (Å²) in [6.45, 7) is 2.52. The lowest BCUT2D eigenvalue weighted by Gasteiger charge is -2.26. The number of rotatable bonds is 6. The van der Waals surface area contributed by atoms with Crippen molar-refractivity contribution in [2.24, 2.45) is 0 Å². The van der Waals surface area contributed by atoms with Crippen molar-refractivity contribution in [2.75, 3.05) is 38.2 Å². The van der Waals surface area contributed by atoms with Crippen LogP contribution < -0.4 is 5.32 Å². The number of benzene rings is 2. The number of hydrogen-bond donors (Lipinski definition) is 1. The minimum Gasteiger partial charge on any atom is -0.452 e. The molecule has 1 aliphatic heterocycles. The summed E-state index contributed by atoms with van der Waals surface area (Å²) in [5, 5.41) is 2.67. The lowest BCUT2D eigenvalue weighted by molar-refractivity contribution is -0.119. The fourth-order valence-corrected chi connectivity index (χ4v) is 4.82. The van der Waals surface area contributed by atoms with Crippen molar-refractivity contribution >= 4 is 43.5 Å². The predicted molar refractivity (Wildman–Crippen MR) is 114 cm³/mol. The van der Waals surface area contributed by atoms with E-state index in [-0.39, 0.29) is 23.5 Å². The second-order valence-electron chi connectivity index (χ2n) is 6.63. The fraction of sp³-hybridized carbons (Fsp3) is 0.300. The highest BCUT2D eigenvalue weighted by Crippen LogP contribution is 2.21. The van der Waals surface area contributed by atoms with E-state index < -0.39 is 28.5 Å². The molecule has 0 unspecified atom stereocenters. The van der Waals surface area contributed by atoms with Crippen molar-refractivity contribution in [3.05, 3.63) is 58.1 Å². The lowest BCUT2D eigenvalue weighted by atomic mass is 10.2. The molecule has 0 saturated carbocycles. The maximum absolute atomic E-state index is 12.7. The Morgan fingerprint density at radius 1 is 1.17 bits per heavy atom. The van der Waals surface area contributed by atoms with Crippen LogP contribution in [0.4, 0.5) is 5.69 Å². The van der Waals surface area contributed by atoms with Gasteiger partial charge in [-0.2, -0.15) is 4.31 Å². The molecule has 1 saturated heterocycles. The van der Waals surface area contributed by atoms with Gasteiger partial charge in [-0.15, -0.1) is 0 Å². The molecule has 10 heteroatoms. The summed E-state index contributed by atoms with van der Waals surface area (Å²) in [6.07, 6.45) is 0. The first-order valence-electron chi connectivity index (χ1n) is 9.18. The maximum atomic E-state index is 12.7. The van der Waals surface area contributed by atoms with Crippen molar-refractivity contribution in [3.8, 4) is 0 Å².